The fourth-order valence-corrected chi connectivity index (χ4v) is 5.24. The maximum Gasteiger partial charge on any atom is 0.264 e. The van der Waals surface area contributed by atoms with Crippen molar-refractivity contribution in [3.63, 3.8) is 0 Å². The van der Waals surface area contributed by atoms with Crippen LogP contribution >= 0.6 is 34.4 Å². The van der Waals surface area contributed by atoms with Crippen molar-refractivity contribution in [1.82, 2.24) is 24.6 Å². The Bertz CT molecular complexity index is 944. The molecular weight excluding hydrogens is 414 g/mol. The van der Waals surface area contributed by atoms with Crippen LogP contribution in [0.2, 0.25) is 0 Å². The van der Waals surface area contributed by atoms with Crippen LogP contribution < -0.4 is 0 Å². The maximum atomic E-state index is 12.6. The Balaban J connectivity index is 1.29. The average Bonchev–Trinajstić information content (AvgIpc) is 3.48. The molecule has 1 aliphatic rings. The lowest BCUT2D eigenvalue weighted by molar-refractivity contribution is -0.129. The van der Waals surface area contributed by atoms with E-state index < -0.39 is 0 Å². The lowest BCUT2D eigenvalue weighted by Gasteiger charge is -2.34. The molecule has 4 rings (SSSR count). The van der Waals surface area contributed by atoms with E-state index in [2.05, 4.69) is 10.2 Å². The zero-order valence-electron chi connectivity index (χ0n) is 15.3. The van der Waals surface area contributed by atoms with Crippen molar-refractivity contribution in [1.29, 1.82) is 0 Å². The highest BCUT2D eigenvalue weighted by Gasteiger charge is 2.25. The maximum absolute atomic E-state index is 12.6. The van der Waals surface area contributed by atoms with Gasteiger partial charge in [-0.2, -0.15) is 0 Å². The molecule has 1 saturated heterocycles. The summed E-state index contributed by atoms with van der Waals surface area (Å²) >= 11 is 4.46. The highest BCUT2D eigenvalue weighted by molar-refractivity contribution is 7.99. The number of hydrogen-bond donors (Lipinski definition) is 0. The van der Waals surface area contributed by atoms with Crippen LogP contribution in [0.15, 0.2) is 40.2 Å². The largest absolute Gasteiger partial charge is 0.338 e. The molecule has 0 unspecified atom stereocenters. The molecule has 10 heteroatoms. The molecule has 0 bridgehead atoms. The molecule has 7 nitrogen and oxygen atoms in total. The quantitative estimate of drug-likeness (QED) is 0.579. The van der Waals surface area contributed by atoms with Crippen molar-refractivity contribution in [2.45, 2.75) is 5.16 Å². The number of amides is 2. The van der Waals surface area contributed by atoms with Crippen LogP contribution in [0, 0.1) is 0 Å². The number of hydrogen-bond acceptors (Lipinski definition) is 7. The molecule has 4 heterocycles. The highest BCUT2D eigenvalue weighted by Crippen LogP contribution is 2.26. The summed E-state index contributed by atoms with van der Waals surface area (Å²) in [4.78, 5) is 30.4. The van der Waals surface area contributed by atoms with Crippen molar-refractivity contribution >= 4 is 46.2 Å². The van der Waals surface area contributed by atoms with E-state index in [9.17, 15) is 9.59 Å². The second-order valence-electron chi connectivity index (χ2n) is 6.28. The molecule has 1 aliphatic heterocycles. The van der Waals surface area contributed by atoms with Crippen molar-refractivity contribution in [2.75, 3.05) is 31.9 Å². The molecular formula is C18H19N5O2S3. The predicted octanol–water partition coefficient (Wildman–Crippen LogP) is 2.68. The average molecular weight is 434 g/mol. The van der Waals surface area contributed by atoms with Gasteiger partial charge in [-0.25, -0.2) is 0 Å². The standard InChI is InChI=1S/C18H19N5O2S3/c1-21-16(13-4-2-10-26-13)19-20-18(21)28-12-15(24)22-6-8-23(9-7-22)17(25)14-5-3-11-27-14/h2-5,10-11H,6-9,12H2,1H3. The lowest BCUT2D eigenvalue weighted by Crippen LogP contribution is -2.51. The van der Waals surface area contributed by atoms with Crippen LogP contribution in [0.4, 0.5) is 0 Å². The van der Waals surface area contributed by atoms with Crippen LogP contribution in [0.25, 0.3) is 10.7 Å². The number of rotatable bonds is 5. The minimum atomic E-state index is 0.0525. The van der Waals surface area contributed by atoms with Gasteiger partial charge in [-0.3, -0.25) is 9.59 Å². The second kappa shape index (κ2) is 8.46. The van der Waals surface area contributed by atoms with E-state index in [1.165, 1.54) is 23.1 Å². The Morgan fingerprint density at radius 2 is 1.75 bits per heavy atom. The lowest BCUT2D eigenvalue weighted by atomic mass is 10.3. The molecule has 2 amide bonds. The number of aromatic nitrogens is 3. The van der Waals surface area contributed by atoms with Gasteiger partial charge in [-0.1, -0.05) is 23.9 Å². The molecule has 0 aliphatic carbocycles. The number of carbonyl (C=O) groups is 2. The number of piperazine rings is 1. The second-order valence-corrected chi connectivity index (χ2v) is 9.12. The van der Waals surface area contributed by atoms with Crippen LogP contribution in [-0.4, -0.2) is 68.3 Å². The van der Waals surface area contributed by atoms with Crippen molar-refractivity contribution in [3.8, 4) is 10.7 Å². The molecule has 1 fully saturated rings. The summed E-state index contributed by atoms with van der Waals surface area (Å²) in [5.74, 6) is 1.24. The minimum Gasteiger partial charge on any atom is -0.338 e. The molecule has 3 aromatic rings. The smallest absolute Gasteiger partial charge is 0.264 e. The molecule has 0 atom stereocenters. The molecule has 0 spiro atoms. The first-order valence-electron chi connectivity index (χ1n) is 8.80. The van der Waals surface area contributed by atoms with Crippen LogP contribution in [0.3, 0.4) is 0 Å². The summed E-state index contributed by atoms with van der Waals surface area (Å²) in [7, 11) is 1.91. The van der Waals surface area contributed by atoms with E-state index in [0.717, 1.165) is 20.7 Å². The van der Waals surface area contributed by atoms with E-state index in [-0.39, 0.29) is 11.8 Å². The van der Waals surface area contributed by atoms with Crippen molar-refractivity contribution < 1.29 is 9.59 Å². The van der Waals surface area contributed by atoms with Crippen molar-refractivity contribution in [2.24, 2.45) is 7.05 Å². The summed E-state index contributed by atoms with van der Waals surface area (Å²) < 4.78 is 1.92. The third-order valence-electron chi connectivity index (χ3n) is 4.55. The van der Waals surface area contributed by atoms with Gasteiger partial charge in [0.1, 0.15) is 0 Å². The summed E-state index contributed by atoms with van der Waals surface area (Å²) in [5, 5.41) is 13.1. The normalized spacial score (nSPS) is 14.5. The van der Waals surface area contributed by atoms with Gasteiger partial charge in [0.25, 0.3) is 5.91 Å². The summed E-state index contributed by atoms with van der Waals surface area (Å²) in [6.45, 7) is 2.27. The Kier molecular flexibility index (Phi) is 5.79. The fraction of sp³-hybridized carbons (Fsp3) is 0.333. The first-order chi connectivity index (χ1) is 13.6. The van der Waals surface area contributed by atoms with E-state index in [1.54, 1.807) is 11.3 Å². The van der Waals surface area contributed by atoms with Gasteiger partial charge in [0.05, 0.1) is 15.5 Å². The number of thioether (sulfide) groups is 1. The van der Waals surface area contributed by atoms with Gasteiger partial charge in [0.2, 0.25) is 5.91 Å². The number of nitrogens with zero attached hydrogens (tertiary/aromatic N) is 5. The van der Waals surface area contributed by atoms with E-state index in [4.69, 9.17) is 0 Å². The van der Waals surface area contributed by atoms with Crippen molar-refractivity contribution in [3.05, 3.63) is 39.9 Å². The van der Waals surface area contributed by atoms with Crippen LogP contribution in [0.5, 0.6) is 0 Å². The van der Waals surface area contributed by atoms with E-state index in [0.29, 0.717) is 31.9 Å². The Morgan fingerprint density at radius 3 is 2.43 bits per heavy atom. The Morgan fingerprint density at radius 1 is 1.04 bits per heavy atom. The summed E-state index contributed by atoms with van der Waals surface area (Å²) in [6, 6.07) is 7.71. The van der Waals surface area contributed by atoms with Gasteiger partial charge in [-0.05, 0) is 22.9 Å². The number of carbonyl (C=O) groups excluding carboxylic acids is 2. The molecule has 3 aromatic heterocycles. The molecule has 0 aromatic carbocycles. The van der Waals surface area contributed by atoms with Crippen LogP contribution in [-0.2, 0) is 11.8 Å². The Labute approximate surface area is 175 Å². The summed E-state index contributed by atoms with van der Waals surface area (Å²) in [6.07, 6.45) is 0. The van der Waals surface area contributed by atoms with E-state index in [1.807, 2.05) is 56.4 Å². The third kappa shape index (κ3) is 3.98. The number of thiophene rings is 2. The van der Waals surface area contributed by atoms with Gasteiger partial charge in [0.15, 0.2) is 11.0 Å². The Hall–Kier alpha value is -2.17. The summed E-state index contributed by atoms with van der Waals surface area (Å²) in [5.41, 5.74) is 0. The molecule has 0 radical (unpaired) electrons. The van der Waals surface area contributed by atoms with Gasteiger partial charge >= 0.3 is 0 Å². The topological polar surface area (TPSA) is 71.3 Å². The molecule has 28 heavy (non-hydrogen) atoms. The van der Waals surface area contributed by atoms with E-state index >= 15 is 0 Å². The monoisotopic (exact) mass is 433 g/mol. The highest BCUT2D eigenvalue weighted by atomic mass is 32.2. The predicted molar refractivity (Wildman–Crippen MR) is 112 cm³/mol. The zero-order chi connectivity index (χ0) is 19.5. The molecule has 0 saturated carbocycles. The molecule has 146 valence electrons. The minimum absolute atomic E-state index is 0.0525. The first kappa shape index (κ1) is 19.2. The zero-order valence-corrected chi connectivity index (χ0v) is 17.7. The van der Waals surface area contributed by atoms with Crippen LogP contribution in [0.1, 0.15) is 9.67 Å². The SMILES string of the molecule is Cn1c(SCC(=O)N2CCN(C(=O)c3cccs3)CC2)nnc1-c1cccs1. The molecule has 0 N–H and O–H groups in total. The fourth-order valence-electron chi connectivity index (χ4n) is 2.99. The first-order valence-corrected chi connectivity index (χ1v) is 11.5. The van der Waals surface area contributed by atoms with Gasteiger partial charge in [-0.15, -0.1) is 32.9 Å². The van der Waals surface area contributed by atoms with Gasteiger partial charge < -0.3 is 14.4 Å². The van der Waals surface area contributed by atoms with Gasteiger partial charge in [0, 0.05) is 33.2 Å². The third-order valence-corrected chi connectivity index (χ3v) is 7.28.